The maximum absolute atomic E-state index is 13.2. The number of hydrogen-bond acceptors (Lipinski definition) is 4. The maximum Gasteiger partial charge on any atom is 0.414 e. The summed E-state index contributed by atoms with van der Waals surface area (Å²) in [6, 6.07) is 7.55. The Bertz CT molecular complexity index is 880. The van der Waals surface area contributed by atoms with Gasteiger partial charge in [0.15, 0.2) is 0 Å². The van der Waals surface area contributed by atoms with Crippen LogP contribution in [0.2, 0.25) is 0 Å². The van der Waals surface area contributed by atoms with Gasteiger partial charge in [0.2, 0.25) is 0 Å². The van der Waals surface area contributed by atoms with Crippen LogP contribution in [0.25, 0.3) is 0 Å². The van der Waals surface area contributed by atoms with Crippen LogP contribution in [0.3, 0.4) is 0 Å². The molecular formula is C20H23BrN2O3S. The average molecular weight is 451 g/mol. The smallest absolute Gasteiger partial charge is 0.414 e. The van der Waals surface area contributed by atoms with Crippen molar-refractivity contribution in [1.29, 1.82) is 0 Å². The number of carbonyl (C=O) groups is 2. The molecule has 144 valence electrons. The molecule has 1 atom stereocenters. The Morgan fingerprint density at radius 1 is 1.19 bits per heavy atom. The Kier molecular flexibility index (Phi) is 5.91. The van der Waals surface area contributed by atoms with Gasteiger partial charge in [-0.25, -0.2) is 4.79 Å². The molecule has 2 heterocycles. The van der Waals surface area contributed by atoms with E-state index in [-0.39, 0.29) is 18.0 Å². The van der Waals surface area contributed by atoms with Crippen LogP contribution in [0.4, 0.5) is 16.2 Å². The van der Waals surface area contributed by atoms with E-state index in [1.165, 1.54) is 11.3 Å². The first-order valence-corrected chi connectivity index (χ1v) is 10.6. The molecule has 1 aliphatic rings. The SMILES string of the molecule is CCOC(=O)N1c2cc(C)c(C)cc2N(C(=O)c2ccc(Br)s2)CC1CC. The zero-order valence-electron chi connectivity index (χ0n) is 15.9. The van der Waals surface area contributed by atoms with Crippen molar-refractivity contribution in [3.63, 3.8) is 0 Å². The van der Waals surface area contributed by atoms with Gasteiger partial charge in [0, 0.05) is 6.54 Å². The number of anilines is 2. The number of thiophene rings is 1. The van der Waals surface area contributed by atoms with E-state index < -0.39 is 0 Å². The van der Waals surface area contributed by atoms with Crippen LogP contribution < -0.4 is 9.80 Å². The summed E-state index contributed by atoms with van der Waals surface area (Å²) in [5, 5.41) is 0. The molecule has 27 heavy (non-hydrogen) atoms. The minimum absolute atomic E-state index is 0.0443. The van der Waals surface area contributed by atoms with E-state index in [2.05, 4.69) is 15.9 Å². The molecule has 2 aromatic rings. The van der Waals surface area contributed by atoms with Crippen LogP contribution >= 0.6 is 27.3 Å². The van der Waals surface area contributed by atoms with Crippen LogP contribution in [0.1, 0.15) is 41.1 Å². The molecule has 0 aliphatic carbocycles. The van der Waals surface area contributed by atoms with Crippen LogP contribution in [0.5, 0.6) is 0 Å². The molecular weight excluding hydrogens is 428 g/mol. The summed E-state index contributed by atoms with van der Waals surface area (Å²) in [6.45, 7) is 8.61. The van der Waals surface area contributed by atoms with Gasteiger partial charge in [-0.1, -0.05) is 6.92 Å². The second kappa shape index (κ2) is 8.02. The zero-order valence-corrected chi connectivity index (χ0v) is 18.3. The fraction of sp³-hybridized carbons (Fsp3) is 0.400. The third-order valence-corrected chi connectivity index (χ3v) is 6.48. The Labute approximate surface area is 172 Å². The van der Waals surface area contributed by atoms with E-state index in [0.29, 0.717) is 18.0 Å². The Morgan fingerprint density at radius 3 is 2.41 bits per heavy atom. The van der Waals surface area contributed by atoms with Gasteiger partial charge >= 0.3 is 6.09 Å². The first-order valence-electron chi connectivity index (χ1n) is 9.01. The second-order valence-electron chi connectivity index (χ2n) is 6.58. The van der Waals surface area contributed by atoms with E-state index in [9.17, 15) is 9.59 Å². The molecule has 0 bridgehead atoms. The standard InChI is InChI=1S/C20H23BrN2O3S/c1-5-14-11-22(19(24)17-7-8-18(21)27-17)15-9-12(3)13(4)10-16(15)23(14)20(25)26-6-2/h7-10,14H,5-6,11H2,1-4H3. The highest BCUT2D eigenvalue weighted by Gasteiger charge is 2.38. The van der Waals surface area contributed by atoms with Gasteiger partial charge in [0.05, 0.1) is 32.7 Å². The highest BCUT2D eigenvalue weighted by atomic mass is 79.9. The number of amides is 2. The Morgan fingerprint density at radius 2 is 1.85 bits per heavy atom. The van der Waals surface area contributed by atoms with Crippen LogP contribution in [-0.4, -0.2) is 31.2 Å². The number of halogens is 1. The van der Waals surface area contributed by atoms with E-state index in [1.807, 2.05) is 45.0 Å². The van der Waals surface area contributed by atoms with Crippen molar-refractivity contribution < 1.29 is 14.3 Å². The number of benzene rings is 1. The lowest BCUT2D eigenvalue weighted by atomic mass is 10.0. The quantitative estimate of drug-likeness (QED) is 0.617. The van der Waals surface area contributed by atoms with Crippen LogP contribution in [-0.2, 0) is 4.74 Å². The summed E-state index contributed by atoms with van der Waals surface area (Å²) in [7, 11) is 0. The molecule has 0 radical (unpaired) electrons. The molecule has 0 N–H and O–H groups in total. The molecule has 0 saturated heterocycles. The highest BCUT2D eigenvalue weighted by molar-refractivity contribution is 9.11. The van der Waals surface area contributed by atoms with Crippen molar-refractivity contribution in [1.82, 2.24) is 0 Å². The molecule has 1 aliphatic heterocycles. The van der Waals surface area contributed by atoms with Crippen molar-refractivity contribution in [2.24, 2.45) is 0 Å². The van der Waals surface area contributed by atoms with E-state index >= 15 is 0 Å². The summed E-state index contributed by atoms with van der Waals surface area (Å²) in [4.78, 5) is 30.1. The maximum atomic E-state index is 13.2. The first kappa shape index (κ1) is 19.9. The molecule has 1 aromatic heterocycles. The van der Waals surface area contributed by atoms with Gasteiger partial charge in [-0.3, -0.25) is 9.69 Å². The number of carbonyl (C=O) groups excluding carboxylic acids is 2. The Hall–Kier alpha value is -1.86. The van der Waals surface area contributed by atoms with Gasteiger partial charge in [-0.15, -0.1) is 11.3 Å². The largest absolute Gasteiger partial charge is 0.449 e. The summed E-state index contributed by atoms with van der Waals surface area (Å²) in [5.74, 6) is -0.0443. The fourth-order valence-electron chi connectivity index (χ4n) is 3.29. The summed E-state index contributed by atoms with van der Waals surface area (Å²) >= 11 is 4.84. The van der Waals surface area contributed by atoms with E-state index in [1.54, 1.807) is 16.7 Å². The molecule has 1 unspecified atom stereocenters. The lowest BCUT2D eigenvalue weighted by molar-refractivity contribution is 0.0985. The van der Waals surface area contributed by atoms with E-state index in [4.69, 9.17) is 4.74 Å². The average Bonchev–Trinajstić information content (AvgIpc) is 3.07. The lowest BCUT2D eigenvalue weighted by Crippen LogP contribution is -2.53. The molecule has 7 heteroatoms. The normalized spacial score (nSPS) is 16.3. The van der Waals surface area contributed by atoms with Crippen LogP contribution in [0.15, 0.2) is 28.1 Å². The van der Waals surface area contributed by atoms with Crippen molar-refractivity contribution in [2.45, 2.75) is 40.2 Å². The van der Waals surface area contributed by atoms with Crippen molar-refractivity contribution in [2.75, 3.05) is 23.0 Å². The molecule has 3 rings (SSSR count). The zero-order chi connectivity index (χ0) is 19.7. The summed E-state index contributed by atoms with van der Waals surface area (Å²) in [6.07, 6.45) is 0.364. The predicted octanol–water partition coefficient (Wildman–Crippen LogP) is 5.53. The van der Waals surface area contributed by atoms with Gasteiger partial charge in [-0.2, -0.15) is 0 Å². The molecule has 5 nitrogen and oxygen atoms in total. The van der Waals surface area contributed by atoms with Crippen molar-refractivity contribution in [3.05, 3.63) is 44.1 Å². The third kappa shape index (κ3) is 3.75. The van der Waals surface area contributed by atoms with Crippen molar-refractivity contribution >= 4 is 50.6 Å². The number of ether oxygens (including phenoxy) is 1. The summed E-state index contributed by atoms with van der Waals surface area (Å²) < 4.78 is 6.22. The minimum Gasteiger partial charge on any atom is -0.449 e. The predicted molar refractivity (Wildman–Crippen MR) is 113 cm³/mol. The van der Waals surface area contributed by atoms with Crippen LogP contribution in [0, 0.1) is 13.8 Å². The molecule has 1 aromatic carbocycles. The molecule has 2 amide bonds. The summed E-state index contributed by atoms with van der Waals surface area (Å²) in [5.41, 5.74) is 3.65. The second-order valence-corrected chi connectivity index (χ2v) is 9.04. The van der Waals surface area contributed by atoms with Gasteiger partial charge in [-0.05, 0) is 78.5 Å². The number of aryl methyl sites for hydroxylation is 2. The van der Waals surface area contributed by atoms with E-state index in [0.717, 1.165) is 32.7 Å². The third-order valence-electron chi connectivity index (χ3n) is 4.86. The topological polar surface area (TPSA) is 49.9 Å². The molecule has 0 fully saturated rings. The molecule has 0 spiro atoms. The van der Waals surface area contributed by atoms with Crippen molar-refractivity contribution in [3.8, 4) is 0 Å². The fourth-order valence-corrected chi connectivity index (χ4v) is 4.62. The number of hydrogen-bond donors (Lipinski definition) is 0. The highest BCUT2D eigenvalue weighted by Crippen LogP contribution is 2.40. The number of nitrogens with zero attached hydrogens (tertiary/aromatic N) is 2. The van der Waals surface area contributed by atoms with Gasteiger partial charge in [0.25, 0.3) is 5.91 Å². The first-order chi connectivity index (χ1) is 12.9. The Balaban J connectivity index is 2.12. The number of fused-ring (bicyclic) bond motifs is 1. The van der Waals surface area contributed by atoms with Gasteiger partial charge < -0.3 is 9.64 Å². The monoisotopic (exact) mass is 450 g/mol. The number of rotatable bonds is 3. The molecule has 0 saturated carbocycles. The van der Waals surface area contributed by atoms with Gasteiger partial charge in [0.1, 0.15) is 0 Å². The lowest BCUT2D eigenvalue weighted by Gasteiger charge is -2.41. The minimum atomic E-state index is -0.361.